The highest BCUT2D eigenvalue weighted by Crippen LogP contribution is 2.34. The van der Waals surface area contributed by atoms with Gasteiger partial charge in [-0.3, -0.25) is 0 Å². The fourth-order valence-electron chi connectivity index (χ4n) is 2.67. The van der Waals surface area contributed by atoms with Crippen LogP contribution in [0.2, 0.25) is 0 Å². The number of nitrogens with zero attached hydrogens (tertiary/aromatic N) is 2. The van der Waals surface area contributed by atoms with Gasteiger partial charge in [-0.15, -0.1) is 15.7 Å². The van der Waals surface area contributed by atoms with Gasteiger partial charge < -0.3 is 10.4 Å². The van der Waals surface area contributed by atoms with Crippen LogP contribution in [0.3, 0.4) is 0 Å². The lowest BCUT2D eigenvalue weighted by molar-refractivity contribution is 0.0741. The molecule has 0 bridgehead atoms. The quantitative estimate of drug-likeness (QED) is 0.574. The molecule has 7 nitrogen and oxygen atoms in total. The molecule has 0 saturated carbocycles. The summed E-state index contributed by atoms with van der Waals surface area (Å²) in [5.41, 5.74) is 0.711. The first-order valence-corrected chi connectivity index (χ1v) is 11.6. The average Bonchev–Trinajstić information content (AvgIpc) is 3.06. The van der Waals surface area contributed by atoms with E-state index in [9.17, 15) is 18.5 Å². The Morgan fingerprint density at radius 2 is 1.77 bits per heavy atom. The van der Waals surface area contributed by atoms with Gasteiger partial charge in [0.05, 0.1) is 5.69 Å². The number of aliphatic hydroxyl groups is 1. The van der Waals surface area contributed by atoms with Gasteiger partial charge in [0.1, 0.15) is 11.4 Å². The minimum absolute atomic E-state index is 0. The lowest BCUT2D eigenvalue weighted by Gasteiger charge is -2.19. The Kier molecular flexibility index (Phi) is 8.60. The van der Waals surface area contributed by atoms with Crippen LogP contribution >= 0.6 is 24.8 Å². The molecular weight excluding hydrogens is 447 g/mol. The molecule has 0 fully saturated rings. The van der Waals surface area contributed by atoms with Gasteiger partial charge in [-0.2, -0.15) is 13.5 Å². The fraction of sp³-hybridized carbons (Fsp3) is 0.474. The number of nitrogens with two attached hydrogens (primary N) is 1. The predicted molar refractivity (Wildman–Crippen MR) is 124 cm³/mol. The molecule has 0 saturated heterocycles. The second-order valence-corrected chi connectivity index (χ2v) is 10.7. The van der Waals surface area contributed by atoms with Crippen LogP contribution in [-0.2, 0) is 15.5 Å². The van der Waals surface area contributed by atoms with Crippen LogP contribution in [0.5, 0.6) is 0 Å². The monoisotopic (exact) mass is 476 g/mol. The smallest absolute Gasteiger partial charge is 0.354 e. The number of hydrogen-bond acceptors (Lipinski definition) is 5. The molecule has 168 valence electrons. The first kappa shape index (κ1) is 26.5. The zero-order valence-corrected chi connectivity index (χ0v) is 20.4. The highest BCUT2D eigenvalue weighted by atomic mass is 32.2. The molecule has 4 N–H and O–H groups in total. The summed E-state index contributed by atoms with van der Waals surface area (Å²) in [7, 11) is -3.61. The van der Waals surface area contributed by atoms with Crippen LogP contribution in [0.25, 0.3) is 0 Å². The van der Waals surface area contributed by atoms with Crippen molar-refractivity contribution in [3.05, 3.63) is 40.2 Å². The van der Waals surface area contributed by atoms with E-state index in [2.05, 4.69) is 14.7 Å². The molecule has 1 atom stereocenters. The van der Waals surface area contributed by atoms with E-state index >= 15 is 0 Å². The van der Waals surface area contributed by atoms with Crippen molar-refractivity contribution >= 4 is 46.5 Å². The zero-order chi connectivity index (χ0) is 22.1. The Morgan fingerprint density at radius 1 is 1.27 bits per heavy atom. The number of halogens is 1. The number of rotatable bonds is 5. The maximum atomic E-state index is 14.0. The van der Waals surface area contributed by atoms with E-state index in [1.54, 1.807) is 0 Å². The highest BCUT2D eigenvalue weighted by molar-refractivity contribution is 7.93. The van der Waals surface area contributed by atoms with Gasteiger partial charge in [0.25, 0.3) is 0 Å². The molecule has 1 aromatic carbocycles. The van der Waals surface area contributed by atoms with Crippen molar-refractivity contribution in [1.82, 2.24) is 4.98 Å². The first-order chi connectivity index (χ1) is 13.2. The van der Waals surface area contributed by atoms with Gasteiger partial charge in [0.2, 0.25) is 4.34 Å². The van der Waals surface area contributed by atoms with E-state index in [4.69, 9.17) is 5.14 Å². The highest BCUT2D eigenvalue weighted by Gasteiger charge is 2.24. The van der Waals surface area contributed by atoms with Gasteiger partial charge in [-0.25, -0.2) is 23.5 Å². The Hall–Kier alpha value is -1.53. The molecule has 2 aromatic rings. The minimum atomic E-state index is -3.61. The van der Waals surface area contributed by atoms with Crippen molar-refractivity contribution in [3.63, 3.8) is 0 Å². The molecular formula is C19H29FN4O3S3. The van der Waals surface area contributed by atoms with E-state index in [1.807, 2.05) is 27.7 Å². The maximum Gasteiger partial charge on any atom is 0.354 e. The number of hydrogen-bond donors (Lipinski definition) is 3. The molecule has 1 aromatic heterocycles. The number of thiazole rings is 1. The lowest BCUT2D eigenvalue weighted by atomic mass is 9.92. The number of urea groups is 1. The van der Waals surface area contributed by atoms with Crippen LogP contribution < -0.4 is 10.5 Å². The zero-order valence-electron chi connectivity index (χ0n) is 17.8. The normalized spacial score (nSPS) is 13.7. The van der Waals surface area contributed by atoms with Crippen LogP contribution in [0, 0.1) is 5.82 Å². The molecule has 1 unspecified atom stereocenters. The molecule has 2 rings (SSSR count). The SMILES string of the molecule is CC(C)c1cc(F)cc(C(C)C)c1NC(=O)N=S(N)(=O)c1nc(C(C)(C)O)cs1.S. The molecule has 30 heavy (non-hydrogen) atoms. The first-order valence-electron chi connectivity index (χ1n) is 9.10. The number of anilines is 1. The van der Waals surface area contributed by atoms with Gasteiger partial charge in [-0.1, -0.05) is 27.7 Å². The van der Waals surface area contributed by atoms with Gasteiger partial charge >= 0.3 is 6.03 Å². The van der Waals surface area contributed by atoms with Crippen molar-refractivity contribution in [3.8, 4) is 0 Å². The van der Waals surface area contributed by atoms with E-state index in [0.717, 1.165) is 11.3 Å². The molecule has 0 aliphatic carbocycles. The van der Waals surface area contributed by atoms with E-state index < -0.39 is 27.4 Å². The molecule has 2 amide bonds. The summed E-state index contributed by atoms with van der Waals surface area (Å²) in [6.45, 7) is 10.6. The summed E-state index contributed by atoms with van der Waals surface area (Å²) in [5.74, 6) is -0.514. The summed E-state index contributed by atoms with van der Waals surface area (Å²) >= 11 is 0.955. The number of amides is 2. The number of nitrogens with one attached hydrogen (secondary N) is 1. The standard InChI is InChI=1S/C19H27FN4O3S2.H2S/c1-10(2)13-7-12(20)8-14(11(3)4)16(13)23-17(25)24-29(21,27)18-22-15(9-28-18)19(5,6)26;/h7-11,26H,1-6H3,(H3,21,23,24,25,27);1H2. The number of aromatic nitrogens is 1. The van der Waals surface area contributed by atoms with Crippen molar-refractivity contribution in [2.45, 2.75) is 63.3 Å². The Morgan fingerprint density at radius 3 is 2.17 bits per heavy atom. The maximum absolute atomic E-state index is 14.0. The third-order valence-electron chi connectivity index (χ3n) is 4.22. The summed E-state index contributed by atoms with van der Waals surface area (Å²) in [4.78, 5) is 16.6. The van der Waals surface area contributed by atoms with Crippen molar-refractivity contribution in [1.29, 1.82) is 0 Å². The van der Waals surface area contributed by atoms with Crippen LogP contribution in [0.15, 0.2) is 26.2 Å². The van der Waals surface area contributed by atoms with E-state index in [1.165, 1.54) is 31.4 Å². The van der Waals surface area contributed by atoms with Crippen molar-refractivity contribution in [2.24, 2.45) is 9.50 Å². The third-order valence-corrected chi connectivity index (χ3v) is 6.89. The van der Waals surface area contributed by atoms with Gasteiger partial charge in [0.15, 0.2) is 9.92 Å². The van der Waals surface area contributed by atoms with Crippen LogP contribution in [0.1, 0.15) is 70.2 Å². The largest absolute Gasteiger partial charge is 0.384 e. The summed E-state index contributed by atoms with van der Waals surface area (Å²) in [6.07, 6.45) is 0. The van der Waals surface area contributed by atoms with E-state index in [-0.39, 0.29) is 35.4 Å². The van der Waals surface area contributed by atoms with Crippen LogP contribution in [0.4, 0.5) is 14.9 Å². The molecule has 0 aliphatic heterocycles. The number of carbonyl (C=O) groups is 1. The fourth-order valence-corrected chi connectivity index (χ4v) is 4.78. The summed E-state index contributed by atoms with van der Waals surface area (Å²) in [6, 6.07) is 1.82. The predicted octanol–water partition coefficient (Wildman–Crippen LogP) is 4.80. The van der Waals surface area contributed by atoms with Crippen molar-refractivity contribution in [2.75, 3.05) is 5.32 Å². The molecule has 0 spiro atoms. The molecule has 0 radical (unpaired) electrons. The number of carbonyl (C=O) groups excluding carboxylic acids is 1. The molecule has 11 heteroatoms. The third kappa shape index (κ3) is 6.24. The van der Waals surface area contributed by atoms with E-state index in [0.29, 0.717) is 16.8 Å². The average molecular weight is 477 g/mol. The summed E-state index contributed by atoms with van der Waals surface area (Å²) < 4.78 is 30.4. The Labute approximate surface area is 188 Å². The summed E-state index contributed by atoms with van der Waals surface area (Å²) in [5, 5.41) is 19.9. The molecule has 1 heterocycles. The Balaban J connectivity index is 0.00000450. The second kappa shape index (κ2) is 9.73. The number of benzene rings is 1. The minimum Gasteiger partial charge on any atom is -0.384 e. The van der Waals surface area contributed by atoms with Crippen molar-refractivity contribution < 1.29 is 18.5 Å². The Bertz CT molecular complexity index is 1010. The molecule has 0 aliphatic rings. The van der Waals surface area contributed by atoms with Gasteiger partial charge in [-0.05, 0) is 48.9 Å². The second-order valence-electron chi connectivity index (χ2n) is 7.92. The van der Waals surface area contributed by atoms with Gasteiger partial charge in [0, 0.05) is 11.1 Å². The lowest BCUT2D eigenvalue weighted by Crippen LogP contribution is -2.20. The van der Waals surface area contributed by atoms with Crippen LogP contribution in [-0.4, -0.2) is 20.3 Å². The topological polar surface area (TPSA) is 118 Å².